The molecule has 8 N–H and O–H groups in total. The van der Waals surface area contributed by atoms with E-state index in [-0.39, 0.29) is 48.8 Å². The van der Waals surface area contributed by atoms with E-state index in [1.807, 2.05) is 9.80 Å². The smallest absolute Gasteiger partial charge is 0.295 e. The summed E-state index contributed by atoms with van der Waals surface area (Å²) in [5.74, 6) is 2.36. The molecule has 0 saturated carbocycles. The summed E-state index contributed by atoms with van der Waals surface area (Å²) in [7, 11) is -4.77. The second kappa shape index (κ2) is 25.7. The molecular formula is C44H64N16O10S2. The van der Waals surface area contributed by atoms with Gasteiger partial charge in [-0.25, -0.2) is 5.26 Å². The van der Waals surface area contributed by atoms with Crippen molar-refractivity contribution in [1.29, 1.82) is 0 Å². The third-order valence-electron chi connectivity index (χ3n) is 12.9. The van der Waals surface area contributed by atoms with Crippen LogP contribution < -0.4 is 30.2 Å². The van der Waals surface area contributed by atoms with Gasteiger partial charge in [0.1, 0.15) is 4.90 Å². The largest absolute Gasteiger partial charge is 0.395 e. The van der Waals surface area contributed by atoms with Crippen molar-refractivity contribution in [2.75, 3.05) is 188 Å². The number of hydrogen-bond donors (Lipinski definition) is 8. The van der Waals surface area contributed by atoms with Gasteiger partial charge in [0.05, 0.1) is 38.5 Å². The molecule has 8 rings (SSSR count). The molecule has 392 valence electrons. The van der Waals surface area contributed by atoms with Crippen LogP contribution >= 0.6 is 12.0 Å². The Morgan fingerprint density at radius 2 is 0.861 bits per heavy atom. The highest BCUT2D eigenvalue weighted by Crippen LogP contribution is 2.32. The van der Waals surface area contributed by atoms with E-state index in [0.29, 0.717) is 162 Å². The lowest BCUT2D eigenvalue weighted by Crippen LogP contribution is -2.49. The van der Waals surface area contributed by atoms with Gasteiger partial charge >= 0.3 is 0 Å². The zero-order valence-electron chi connectivity index (χ0n) is 40.0. The van der Waals surface area contributed by atoms with Gasteiger partial charge in [-0.3, -0.25) is 24.2 Å². The second-order valence-electron chi connectivity index (χ2n) is 17.5. The Kier molecular flexibility index (Phi) is 18.9. The van der Waals surface area contributed by atoms with Crippen molar-refractivity contribution in [2.24, 2.45) is 0 Å². The number of piperazine rings is 4. The number of aliphatic hydroxyl groups excluding tert-OH is 4. The molecule has 0 aliphatic carbocycles. The van der Waals surface area contributed by atoms with E-state index in [4.69, 9.17) is 39.5 Å². The molecule has 72 heavy (non-hydrogen) atoms. The van der Waals surface area contributed by atoms with Gasteiger partial charge in [-0.15, -0.1) is 4.33 Å². The molecule has 6 heterocycles. The Morgan fingerprint density at radius 1 is 0.514 bits per heavy atom. The fraction of sp³-hybridized carbons (Fsp3) is 0.545. The minimum atomic E-state index is -4.77. The van der Waals surface area contributed by atoms with Crippen molar-refractivity contribution in [2.45, 2.75) is 9.79 Å². The van der Waals surface area contributed by atoms with E-state index in [0.717, 1.165) is 26.2 Å². The van der Waals surface area contributed by atoms with Crippen LogP contribution in [-0.2, 0) is 19.5 Å². The molecule has 4 aliphatic heterocycles. The third kappa shape index (κ3) is 14.3. The number of rotatable bonds is 22. The fourth-order valence-electron chi connectivity index (χ4n) is 8.92. The third-order valence-corrected chi connectivity index (χ3v) is 14.5. The Bertz CT molecular complexity index is 2440. The Labute approximate surface area is 422 Å². The molecule has 0 radical (unpaired) electrons. The molecule has 26 nitrogen and oxygen atoms in total. The minimum absolute atomic E-state index is 0.0683. The number of nitrogens with one attached hydrogen (secondary N) is 2. The topological polar surface area (TPSA) is 301 Å². The average molecular weight is 1040 g/mol. The van der Waals surface area contributed by atoms with Crippen molar-refractivity contribution in [3.05, 3.63) is 47.5 Å². The average Bonchev–Trinajstić information content (AvgIpc) is 3.39. The van der Waals surface area contributed by atoms with Crippen LogP contribution in [0.2, 0.25) is 0 Å². The van der Waals surface area contributed by atoms with Gasteiger partial charge < -0.3 is 50.7 Å². The first kappa shape index (κ1) is 53.1. The number of aromatic nitrogens is 6. The molecule has 28 heteroatoms. The molecule has 0 atom stereocenters. The van der Waals surface area contributed by atoms with E-state index in [1.165, 1.54) is 18.2 Å². The van der Waals surface area contributed by atoms with Gasteiger partial charge in [0, 0.05) is 147 Å². The molecule has 0 unspecified atom stereocenters. The van der Waals surface area contributed by atoms with Crippen molar-refractivity contribution in [3.8, 4) is 0 Å². The van der Waals surface area contributed by atoms with Crippen LogP contribution in [0.1, 0.15) is 11.1 Å². The van der Waals surface area contributed by atoms with Crippen molar-refractivity contribution in [1.82, 2.24) is 49.5 Å². The van der Waals surface area contributed by atoms with Crippen molar-refractivity contribution < 1.29 is 48.0 Å². The molecule has 2 aromatic carbocycles. The summed E-state index contributed by atoms with van der Waals surface area (Å²) >= 11 is 0.701. The maximum absolute atomic E-state index is 13.0. The first-order valence-corrected chi connectivity index (χ1v) is 26.2. The van der Waals surface area contributed by atoms with E-state index < -0.39 is 10.1 Å². The van der Waals surface area contributed by atoms with Crippen LogP contribution in [0.15, 0.2) is 46.2 Å². The molecule has 4 aliphatic rings. The lowest BCUT2D eigenvalue weighted by atomic mass is 10.1. The fourth-order valence-corrected chi connectivity index (χ4v) is 10.1. The lowest BCUT2D eigenvalue weighted by molar-refractivity contribution is -0.432. The number of nitrogens with zero attached hydrogens (tertiary/aromatic N) is 14. The maximum Gasteiger partial charge on any atom is 0.295 e. The predicted molar refractivity (Wildman–Crippen MR) is 271 cm³/mol. The Balaban J connectivity index is 1.03. The number of hydrogen-bond acceptors (Lipinski definition) is 26. The summed E-state index contributed by atoms with van der Waals surface area (Å²) in [5, 5.41) is 57.4. The van der Waals surface area contributed by atoms with Gasteiger partial charge in [0.15, 0.2) is 0 Å². The van der Waals surface area contributed by atoms with Crippen LogP contribution in [0.5, 0.6) is 0 Å². The van der Waals surface area contributed by atoms with Gasteiger partial charge in [-0.2, -0.15) is 38.3 Å². The monoisotopic (exact) mass is 1040 g/mol. The Hall–Kier alpha value is -5.18. The number of benzene rings is 2. The molecule has 0 bridgehead atoms. The molecule has 4 saturated heterocycles. The summed E-state index contributed by atoms with van der Waals surface area (Å²) in [5.41, 5.74) is 1.54. The molecule has 2 aromatic heterocycles. The minimum Gasteiger partial charge on any atom is -0.395 e. The number of β-amino-alcohol motifs (C(OH)–C–C–N with tert-alkyl or cyclic N) is 4. The summed E-state index contributed by atoms with van der Waals surface area (Å²) in [6.45, 7) is 13.5. The highest BCUT2D eigenvalue weighted by molar-refractivity contribution is 7.94. The van der Waals surface area contributed by atoms with Gasteiger partial charge in [-0.05, 0) is 35.4 Å². The zero-order chi connectivity index (χ0) is 50.5. The summed E-state index contributed by atoms with van der Waals surface area (Å²) in [6, 6.07) is 9.70. The van der Waals surface area contributed by atoms with E-state index in [9.17, 15) is 33.4 Å². The van der Waals surface area contributed by atoms with Crippen LogP contribution in [-0.4, -0.2) is 245 Å². The van der Waals surface area contributed by atoms with Crippen LogP contribution in [0, 0.1) is 0 Å². The standard InChI is InChI=1S/C44H64N16O10S2/c61-27-23-53-7-15-57(16-8-53)41-47-39(48-42(51-41)58-17-9-54(10-18-58)24-28-62)45-35-5-3-33(37(31-35)71-70-69-65)1-2-34-4-6-36(32-38(34)72(66,67)68)46-40-49-43(59-19-11-55(12-20-59)25-29-63)52-44(50-40)60-21-13-56(14-22-60)26-30-64/h1-6,31-32,61-65H,7-30H2,(H,66,67,68)(H,45,47,48,51)(H,46,49,50,52)/b2-1+. The lowest BCUT2D eigenvalue weighted by Gasteiger charge is -2.36. The van der Waals surface area contributed by atoms with Gasteiger partial charge in [-0.1, -0.05) is 29.3 Å². The quantitative estimate of drug-likeness (QED) is 0.0167. The SMILES string of the molecule is O=S(=O)(O)c1cc(Nc2nc(N3CCN(CCO)CC3)nc(N3CCN(CCO)CC3)n2)ccc1/C=C/c1ccc(Nc2nc(N3CCN(CCO)CC3)nc(N3CCN(CCO)CC3)n2)cc1SOOO. The maximum atomic E-state index is 13.0. The van der Waals surface area contributed by atoms with Crippen molar-refractivity contribution >= 4 is 81.4 Å². The normalized spacial score (nSPS) is 18.1. The second-order valence-corrected chi connectivity index (χ2v) is 19.6. The van der Waals surface area contributed by atoms with Gasteiger partial charge in [0.2, 0.25) is 35.7 Å². The Morgan fingerprint density at radius 3 is 1.21 bits per heavy atom. The highest BCUT2D eigenvalue weighted by Gasteiger charge is 2.27. The molecule has 4 aromatic rings. The number of anilines is 8. The predicted octanol–water partition coefficient (Wildman–Crippen LogP) is -0.154. The van der Waals surface area contributed by atoms with E-state index in [2.05, 4.69) is 45.1 Å². The first-order valence-electron chi connectivity index (χ1n) is 24.0. The summed E-state index contributed by atoms with van der Waals surface area (Å²) in [6.07, 6.45) is 3.15. The molecule has 0 spiro atoms. The summed E-state index contributed by atoms with van der Waals surface area (Å²) < 4.78 is 41.3. The van der Waals surface area contributed by atoms with Crippen LogP contribution in [0.25, 0.3) is 12.2 Å². The van der Waals surface area contributed by atoms with Crippen LogP contribution in [0.4, 0.5) is 47.1 Å². The molecule has 0 amide bonds. The van der Waals surface area contributed by atoms with Gasteiger partial charge in [0.25, 0.3) is 10.1 Å². The van der Waals surface area contributed by atoms with Crippen LogP contribution in [0.3, 0.4) is 0 Å². The summed E-state index contributed by atoms with van der Waals surface area (Å²) in [4.78, 5) is 45.8. The molecular weight excluding hydrogens is 977 g/mol. The van der Waals surface area contributed by atoms with E-state index in [1.54, 1.807) is 30.3 Å². The first-order chi connectivity index (χ1) is 35.0. The number of aliphatic hydroxyl groups is 4. The van der Waals surface area contributed by atoms with E-state index >= 15 is 0 Å². The highest BCUT2D eigenvalue weighted by atomic mass is 32.2. The zero-order valence-corrected chi connectivity index (χ0v) is 41.6. The molecule has 4 fully saturated rings. The van der Waals surface area contributed by atoms with Crippen molar-refractivity contribution in [3.63, 3.8) is 0 Å².